The molecule has 1 atom stereocenters. The molecule has 0 radical (unpaired) electrons. The molecule has 0 aliphatic carbocycles. The fraction of sp³-hybridized carbons (Fsp3) is 0.333. The fourth-order valence-electron chi connectivity index (χ4n) is 2.60. The van der Waals surface area contributed by atoms with Crippen LogP contribution in [-0.4, -0.2) is 32.8 Å². The van der Waals surface area contributed by atoms with Crippen LogP contribution >= 0.6 is 11.6 Å². The number of hydrogen-bond acceptors (Lipinski definition) is 4. The largest absolute Gasteiger partial charge is 0.354 e. The molecule has 1 unspecified atom stereocenters. The van der Waals surface area contributed by atoms with Gasteiger partial charge in [-0.2, -0.15) is 0 Å². The number of nitrogens with one attached hydrogen (secondary N) is 3. The number of hydrogen-bond donors (Lipinski definition) is 3. The summed E-state index contributed by atoms with van der Waals surface area (Å²) in [4.78, 5) is 24.2. The summed E-state index contributed by atoms with van der Waals surface area (Å²) in [6.07, 6.45) is 0.923. The van der Waals surface area contributed by atoms with Gasteiger partial charge in [-0.05, 0) is 56.2 Å². The summed E-state index contributed by atoms with van der Waals surface area (Å²) in [7, 11) is -3.91. The fourth-order valence-corrected chi connectivity index (χ4v) is 3.88. The topological polar surface area (TPSA) is 104 Å². The smallest absolute Gasteiger partial charge is 0.261 e. The Bertz CT molecular complexity index is 1020. The second-order valence-electron chi connectivity index (χ2n) is 7.00. The van der Waals surface area contributed by atoms with Crippen LogP contribution in [0.5, 0.6) is 0 Å². The molecule has 2 rings (SSSR count). The van der Waals surface area contributed by atoms with E-state index in [1.165, 1.54) is 18.2 Å². The van der Waals surface area contributed by atoms with Gasteiger partial charge in [0.2, 0.25) is 5.91 Å². The number of carbonyl (C=O) groups excluding carboxylic acids is 2. The summed E-state index contributed by atoms with van der Waals surface area (Å²) in [5.74, 6) is -0.724. The van der Waals surface area contributed by atoms with Gasteiger partial charge >= 0.3 is 0 Å². The van der Waals surface area contributed by atoms with Crippen molar-refractivity contribution >= 4 is 39.1 Å². The van der Waals surface area contributed by atoms with E-state index in [0.717, 1.165) is 12.0 Å². The summed E-state index contributed by atoms with van der Waals surface area (Å²) in [5.41, 5.74) is 1.35. The van der Waals surface area contributed by atoms with E-state index in [9.17, 15) is 18.0 Å². The van der Waals surface area contributed by atoms with Crippen molar-refractivity contribution in [1.82, 2.24) is 10.6 Å². The molecule has 0 fully saturated rings. The van der Waals surface area contributed by atoms with E-state index in [-0.39, 0.29) is 40.4 Å². The lowest BCUT2D eigenvalue weighted by Crippen LogP contribution is -2.35. The summed E-state index contributed by atoms with van der Waals surface area (Å²) >= 11 is 6.10. The minimum Gasteiger partial charge on any atom is -0.354 e. The average molecular weight is 452 g/mol. The van der Waals surface area contributed by atoms with Crippen molar-refractivity contribution in [2.75, 3.05) is 11.3 Å². The van der Waals surface area contributed by atoms with Gasteiger partial charge < -0.3 is 10.6 Å². The van der Waals surface area contributed by atoms with E-state index >= 15 is 0 Å². The first-order valence-corrected chi connectivity index (χ1v) is 11.4. The highest BCUT2D eigenvalue weighted by molar-refractivity contribution is 7.92. The molecule has 0 saturated carbocycles. The molecule has 0 aliphatic rings. The quantitative estimate of drug-likeness (QED) is 0.542. The van der Waals surface area contributed by atoms with E-state index in [1.54, 1.807) is 18.2 Å². The molecule has 9 heteroatoms. The number of sulfonamides is 1. The van der Waals surface area contributed by atoms with Gasteiger partial charge in [0.15, 0.2) is 0 Å². The molecule has 7 nitrogen and oxygen atoms in total. The Hall–Kier alpha value is -2.58. The zero-order valence-corrected chi connectivity index (χ0v) is 18.7. The van der Waals surface area contributed by atoms with Crippen molar-refractivity contribution in [2.45, 2.75) is 44.6 Å². The molecule has 2 aromatic rings. The van der Waals surface area contributed by atoms with Gasteiger partial charge in [0.25, 0.3) is 15.9 Å². The average Bonchev–Trinajstić information content (AvgIpc) is 2.67. The Balaban J connectivity index is 2.08. The third kappa shape index (κ3) is 6.74. The summed E-state index contributed by atoms with van der Waals surface area (Å²) in [6, 6.07) is 10.9. The number of aryl methyl sites for hydroxylation is 1. The number of halogens is 1. The molecular weight excluding hydrogens is 426 g/mol. The zero-order valence-electron chi connectivity index (χ0n) is 17.2. The number of rotatable bonds is 9. The van der Waals surface area contributed by atoms with Gasteiger partial charge in [-0.1, -0.05) is 30.7 Å². The van der Waals surface area contributed by atoms with Crippen molar-refractivity contribution < 1.29 is 18.0 Å². The summed E-state index contributed by atoms with van der Waals surface area (Å²) in [5, 5.41) is 5.52. The molecule has 2 amide bonds. The first-order valence-electron chi connectivity index (χ1n) is 9.59. The van der Waals surface area contributed by atoms with Gasteiger partial charge in [-0.3, -0.25) is 14.3 Å². The van der Waals surface area contributed by atoms with Crippen LogP contribution in [-0.2, 0) is 14.8 Å². The van der Waals surface area contributed by atoms with E-state index in [4.69, 9.17) is 11.6 Å². The lowest BCUT2D eigenvalue weighted by atomic mass is 10.2. The van der Waals surface area contributed by atoms with Crippen molar-refractivity contribution in [2.24, 2.45) is 0 Å². The standard InChI is InChI=1S/C21H26ClN3O4S/c1-4-15(3)24-20(26)10-11-23-21(27)18-13-17(8-9-19(18)22)30(28,29)25-16-7-5-6-14(2)12-16/h5-9,12-13,15,25H,4,10-11H2,1-3H3,(H,23,27)(H,24,26). The Morgan fingerprint density at radius 3 is 2.53 bits per heavy atom. The van der Waals surface area contributed by atoms with Crippen molar-refractivity contribution in [3.05, 3.63) is 58.6 Å². The Morgan fingerprint density at radius 1 is 1.13 bits per heavy atom. The van der Waals surface area contributed by atoms with E-state index in [2.05, 4.69) is 15.4 Å². The normalized spacial score (nSPS) is 12.1. The molecule has 0 aromatic heterocycles. The first-order chi connectivity index (χ1) is 14.1. The van der Waals surface area contributed by atoms with Crippen molar-refractivity contribution in [3.8, 4) is 0 Å². The van der Waals surface area contributed by atoms with Crippen LogP contribution in [0.25, 0.3) is 0 Å². The van der Waals surface area contributed by atoms with Crippen LogP contribution in [0.4, 0.5) is 5.69 Å². The molecule has 0 bridgehead atoms. The number of amides is 2. The van der Waals surface area contributed by atoms with Crippen molar-refractivity contribution in [1.29, 1.82) is 0 Å². The van der Waals surface area contributed by atoms with Crippen LogP contribution in [0.1, 0.15) is 42.6 Å². The predicted molar refractivity (Wildman–Crippen MR) is 118 cm³/mol. The maximum atomic E-state index is 12.7. The Morgan fingerprint density at radius 2 is 1.87 bits per heavy atom. The van der Waals surface area contributed by atoms with Crippen LogP contribution in [0, 0.1) is 6.92 Å². The highest BCUT2D eigenvalue weighted by Gasteiger charge is 2.19. The molecule has 0 spiro atoms. The maximum Gasteiger partial charge on any atom is 0.261 e. The van der Waals surface area contributed by atoms with Gasteiger partial charge in [0.1, 0.15) is 0 Å². The Labute approximate surface area is 182 Å². The lowest BCUT2D eigenvalue weighted by molar-refractivity contribution is -0.121. The molecule has 0 aliphatic heterocycles. The van der Waals surface area contributed by atoms with Gasteiger partial charge in [-0.15, -0.1) is 0 Å². The molecule has 2 aromatic carbocycles. The highest BCUT2D eigenvalue weighted by Crippen LogP contribution is 2.23. The van der Waals surface area contributed by atoms with E-state index in [1.807, 2.05) is 26.8 Å². The van der Waals surface area contributed by atoms with Crippen LogP contribution in [0.3, 0.4) is 0 Å². The zero-order chi connectivity index (χ0) is 22.3. The summed E-state index contributed by atoms with van der Waals surface area (Å²) in [6.45, 7) is 5.82. The third-order valence-electron chi connectivity index (χ3n) is 4.42. The van der Waals surface area contributed by atoms with E-state index < -0.39 is 15.9 Å². The van der Waals surface area contributed by atoms with Crippen molar-refractivity contribution in [3.63, 3.8) is 0 Å². The lowest BCUT2D eigenvalue weighted by Gasteiger charge is -2.13. The number of anilines is 1. The van der Waals surface area contributed by atoms with Gasteiger partial charge in [0, 0.05) is 24.7 Å². The minimum absolute atomic E-state index is 0.0196. The predicted octanol–water partition coefficient (Wildman–Crippen LogP) is 3.48. The second-order valence-corrected chi connectivity index (χ2v) is 9.09. The Kier molecular flexibility index (Phi) is 8.25. The molecule has 3 N–H and O–H groups in total. The monoisotopic (exact) mass is 451 g/mol. The highest BCUT2D eigenvalue weighted by atomic mass is 35.5. The maximum absolute atomic E-state index is 12.7. The molecule has 162 valence electrons. The molecule has 0 saturated heterocycles. The van der Waals surface area contributed by atoms with Gasteiger partial charge in [-0.25, -0.2) is 8.42 Å². The first kappa shape index (κ1) is 23.7. The van der Waals surface area contributed by atoms with Crippen LogP contribution in [0.2, 0.25) is 5.02 Å². The van der Waals surface area contributed by atoms with Gasteiger partial charge in [0.05, 0.1) is 15.5 Å². The molecule has 0 heterocycles. The molecular formula is C21H26ClN3O4S. The number of benzene rings is 2. The SMILES string of the molecule is CCC(C)NC(=O)CCNC(=O)c1cc(S(=O)(=O)Nc2cccc(C)c2)ccc1Cl. The second kappa shape index (κ2) is 10.4. The summed E-state index contributed by atoms with van der Waals surface area (Å²) < 4.78 is 27.9. The van der Waals surface area contributed by atoms with Crippen LogP contribution in [0.15, 0.2) is 47.4 Å². The third-order valence-corrected chi connectivity index (χ3v) is 6.13. The minimum atomic E-state index is -3.91. The molecule has 30 heavy (non-hydrogen) atoms. The van der Waals surface area contributed by atoms with Crippen LogP contribution < -0.4 is 15.4 Å². The van der Waals surface area contributed by atoms with E-state index in [0.29, 0.717) is 5.69 Å². The number of carbonyl (C=O) groups is 2.